The lowest BCUT2D eigenvalue weighted by atomic mass is 9.76. The lowest BCUT2D eigenvalue weighted by Crippen LogP contribution is -2.57. The molecule has 2 atom stereocenters. The van der Waals surface area contributed by atoms with Crippen molar-refractivity contribution in [2.24, 2.45) is 5.92 Å². The highest BCUT2D eigenvalue weighted by molar-refractivity contribution is 9.10. The van der Waals surface area contributed by atoms with Gasteiger partial charge < -0.3 is 5.11 Å². The highest BCUT2D eigenvalue weighted by Crippen LogP contribution is 2.33. The zero-order valence-corrected chi connectivity index (χ0v) is 17.0. The van der Waals surface area contributed by atoms with Crippen molar-refractivity contribution >= 4 is 26.0 Å². The van der Waals surface area contributed by atoms with E-state index in [9.17, 15) is 13.5 Å². The molecule has 0 radical (unpaired) electrons. The standard InChI is InChI=1S/C18H26BrNO3S/c1-7-14(6)17(18(21,12(2)3)13(4)5)20-24(22,23)16-10-8-15(19)9-11-16/h8-11,14,17,20-21H,2,4,7H2,1,3,5-6H3/t14-,17-/m0/s1. The fourth-order valence-corrected chi connectivity index (χ4v) is 4.22. The molecule has 0 aliphatic heterocycles. The van der Waals surface area contributed by atoms with E-state index in [2.05, 4.69) is 33.8 Å². The van der Waals surface area contributed by atoms with Gasteiger partial charge in [0.1, 0.15) is 5.60 Å². The SMILES string of the molecule is C=C(C)C(O)(C(=C)C)[C@@H](NS(=O)(=O)c1ccc(Br)cc1)[C@@H](C)CC. The zero-order chi connectivity index (χ0) is 18.7. The monoisotopic (exact) mass is 415 g/mol. The first-order chi connectivity index (χ1) is 11.0. The molecule has 0 unspecified atom stereocenters. The van der Waals surface area contributed by atoms with Crippen molar-refractivity contribution in [1.82, 2.24) is 4.72 Å². The van der Waals surface area contributed by atoms with Crippen molar-refractivity contribution in [2.45, 2.75) is 50.7 Å². The summed E-state index contributed by atoms with van der Waals surface area (Å²) in [4.78, 5) is 0.143. The molecule has 4 nitrogen and oxygen atoms in total. The predicted molar refractivity (Wildman–Crippen MR) is 102 cm³/mol. The number of nitrogens with one attached hydrogen (secondary N) is 1. The first-order valence-corrected chi connectivity index (χ1v) is 10.1. The Balaban J connectivity index is 3.35. The maximum absolute atomic E-state index is 12.8. The zero-order valence-electron chi connectivity index (χ0n) is 14.6. The number of hydrogen-bond donors (Lipinski definition) is 2. The number of benzene rings is 1. The van der Waals surface area contributed by atoms with Crippen LogP contribution in [0.15, 0.2) is 57.9 Å². The Hall–Kier alpha value is -0.950. The van der Waals surface area contributed by atoms with Crippen LogP contribution in [0, 0.1) is 5.92 Å². The maximum atomic E-state index is 12.8. The van der Waals surface area contributed by atoms with E-state index in [-0.39, 0.29) is 10.8 Å². The summed E-state index contributed by atoms with van der Waals surface area (Å²) >= 11 is 3.29. The molecule has 0 aliphatic rings. The summed E-state index contributed by atoms with van der Waals surface area (Å²) in [5.74, 6) is -0.117. The van der Waals surface area contributed by atoms with Gasteiger partial charge in [-0.2, -0.15) is 0 Å². The lowest BCUT2D eigenvalue weighted by Gasteiger charge is -2.40. The van der Waals surface area contributed by atoms with Crippen molar-refractivity contribution in [2.75, 3.05) is 0 Å². The van der Waals surface area contributed by atoms with Crippen molar-refractivity contribution in [3.8, 4) is 0 Å². The molecule has 0 bridgehead atoms. The van der Waals surface area contributed by atoms with E-state index in [1.807, 2.05) is 13.8 Å². The topological polar surface area (TPSA) is 66.4 Å². The second kappa shape index (κ2) is 7.95. The third kappa shape index (κ3) is 4.36. The van der Waals surface area contributed by atoms with Gasteiger partial charge in [0.15, 0.2) is 0 Å². The summed E-state index contributed by atoms with van der Waals surface area (Å²) in [7, 11) is -3.79. The van der Waals surface area contributed by atoms with Crippen LogP contribution in [-0.2, 0) is 10.0 Å². The largest absolute Gasteiger partial charge is 0.379 e. The van der Waals surface area contributed by atoms with Crippen LogP contribution in [0.2, 0.25) is 0 Å². The fourth-order valence-electron chi connectivity index (χ4n) is 2.59. The smallest absolute Gasteiger partial charge is 0.240 e. The number of halogens is 1. The van der Waals surface area contributed by atoms with Crippen LogP contribution in [0.5, 0.6) is 0 Å². The van der Waals surface area contributed by atoms with Gasteiger partial charge in [-0.15, -0.1) is 0 Å². The van der Waals surface area contributed by atoms with Crippen LogP contribution in [0.3, 0.4) is 0 Å². The number of sulfonamides is 1. The minimum atomic E-state index is -3.79. The van der Waals surface area contributed by atoms with Gasteiger partial charge in [0.25, 0.3) is 0 Å². The van der Waals surface area contributed by atoms with Gasteiger partial charge in [-0.1, -0.05) is 49.4 Å². The molecule has 0 saturated carbocycles. The highest BCUT2D eigenvalue weighted by atomic mass is 79.9. The predicted octanol–water partition coefficient (Wildman–Crippen LogP) is 4.03. The van der Waals surface area contributed by atoms with Gasteiger partial charge in [-0.05, 0) is 55.2 Å². The molecular formula is C18H26BrNO3S. The fraction of sp³-hybridized carbons (Fsp3) is 0.444. The molecular weight excluding hydrogens is 390 g/mol. The van der Waals surface area contributed by atoms with Crippen LogP contribution in [0.4, 0.5) is 0 Å². The average Bonchev–Trinajstić information content (AvgIpc) is 2.51. The molecule has 0 fully saturated rings. The van der Waals surface area contributed by atoms with Crippen LogP contribution in [0.25, 0.3) is 0 Å². The Kier molecular flexibility index (Phi) is 6.99. The lowest BCUT2D eigenvalue weighted by molar-refractivity contribution is 0.0592. The molecule has 0 aromatic heterocycles. The molecule has 1 aromatic carbocycles. The van der Waals surface area contributed by atoms with Crippen LogP contribution >= 0.6 is 15.9 Å². The van der Waals surface area contributed by atoms with Gasteiger partial charge >= 0.3 is 0 Å². The summed E-state index contributed by atoms with van der Waals surface area (Å²) in [6.07, 6.45) is 0.691. The van der Waals surface area contributed by atoms with E-state index in [1.165, 1.54) is 12.1 Å². The van der Waals surface area contributed by atoms with E-state index in [1.54, 1.807) is 26.0 Å². The number of rotatable bonds is 8. The molecule has 2 N–H and O–H groups in total. The van der Waals surface area contributed by atoms with E-state index in [0.717, 1.165) is 4.47 Å². The van der Waals surface area contributed by atoms with Crippen molar-refractivity contribution in [3.63, 3.8) is 0 Å². The number of aliphatic hydroxyl groups is 1. The third-order valence-electron chi connectivity index (χ3n) is 4.37. The van der Waals surface area contributed by atoms with Crippen LogP contribution in [0.1, 0.15) is 34.1 Å². The van der Waals surface area contributed by atoms with E-state index in [4.69, 9.17) is 0 Å². The summed E-state index contributed by atoms with van der Waals surface area (Å²) in [6.45, 7) is 14.9. The first kappa shape index (κ1) is 21.1. The molecule has 1 rings (SSSR count). The van der Waals surface area contributed by atoms with Gasteiger partial charge in [-0.25, -0.2) is 13.1 Å². The van der Waals surface area contributed by atoms with Gasteiger partial charge in [0.2, 0.25) is 10.0 Å². The van der Waals surface area contributed by atoms with Crippen molar-refractivity contribution in [3.05, 3.63) is 53.0 Å². The Morgan fingerprint density at radius 1 is 1.25 bits per heavy atom. The van der Waals surface area contributed by atoms with Crippen LogP contribution < -0.4 is 4.72 Å². The van der Waals surface area contributed by atoms with Crippen molar-refractivity contribution in [1.29, 1.82) is 0 Å². The normalized spacial score (nSPS) is 14.9. The number of hydrogen-bond acceptors (Lipinski definition) is 3. The maximum Gasteiger partial charge on any atom is 0.240 e. The Bertz CT molecular complexity index is 696. The first-order valence-electron chi connectivity index (χ1n) is 7.79. The molecule has 24 heavy (non-hydrogen) atoms. The minimum absolute atomic E-state index is 0.117. The van der Waals surface area contributed by atoms with E-state index < -0.39 is 21.7 Å². The molecule has 134 valence electrons. The van der Waals surface area contributed by atoms with Gasteiger partial charge in [-0.3, -0.25) is 0 Å². The van der Waals surface area contributed by atoms with E-state index in [0.29, 0.717) is 17.6 Å². The highest BCUT2D eigenvalue weighted by Gasteiger charge is 2.43. The summed E-state index contributed by atoms with van der Waals surface area (Å²) < 4.78 is 29.0. The molecule has 0 spiro atoms. The Labute approximate surface area is 153 Å². The second-order valence-corrected chi connectivity index (χ2v) is 8.90. The average molecular weight is 416 g/mol. The summed E-state index contributed by atoms with van der Waals surface area (Å²) in [5, 5.41) is 11.1. The van der Waals surface area contributed by atoms with E-state index >= 15 is 0 Å². The van der Waals surface area contributed by atoms with Crippen LogP contribution in [-0.4, -0.2) is 25.2 Å². The Morgan fingerprint density at radius 3 is 2.08 bits per heavy atom. The quantitative estimate of drug-likeness (QED) is 0.629. The van der Waals surface area contributed by atoms with Gasteiger partial charge in [0.05, 0.1) is 10.9 Å². The molecule has 1 aromatic rings. The molecule has 0 aliphatic carbocycles. The second-order valence-electron chi connectivity index (χ2n) is 6.27. The molecule has 0 heterocycles. The van der Waals surface area contributed by atoms with Crippen molar-refractivity contribution < 1.29 is 13.5 Å². The Morgan fingerprint density at radius 2 is 1.71 bits per heavy atom. The molecule has 0 saturated heterocycles. The van der Waals surface area contributed by atoms with Gasteiger partial charge in [0, 0.05) is 4.47 Å². The third-order valence-corrected chi connectivity index (χ3v) is 6.36. The molecule has 6 heteroatoms. The summed E-state index contributed by atoms with van der Waals surface area (Å²) in [6, 6.07) is 5.60. The minimum Gasteiger partial charge on any atom is -0.379 e. The molecule has 0 amide bonds. The summed E-state index contributed by atoms with van der Waals surface area (Å²) in [5.41, 5.74) is -0.602.